The molecule has 0 aliphatic carbocycles. The summed E-state index contributed by atoms with van der Waals surface area (Å²) in [5.74, 6) is 0.236. The Balaban J connectivity index is 2.69. The van der Waals surface area contributed by atoms with Crippen LogP contribution in [0.5, 0.6) is 0 Å². The quantitative estimate of drug-likeness (QED) is 0.335. The van der Waals surface area contributed by atoms with Crippen LogP contribution in [-0.4, -0.2) is 47.2 Å². The Morgan fingerprint density at radius 3 is 3.00 bits per heavy atom. The molecule has 1 aromatic heterocycles. The fourth-order valence-electron chi connectivity index (χ4n) is 1.49. The number of amidine groups is 1. The lowest BCUT2D eigenvalue weighted by Gasteiger charge is -2.23. The topological polar surface area (TPSA) is 114 Å². The Morgan fingerprint density at radius 2 is 2.42 bits per heavy atom. The van der Waals surface area contributed by atoms with Crippen molar-refractivity contribution in [2.45, 2.75) is 26.0 Å². The van der Waals surface area contributed by atoms with Crippen LogP contribution in [0.1, 0.15) is 29.6 Å². The number of rotatable bonds is 6. The summed E-state index contributed by atoms with van der Waals surface area (Å²) < 4.78 is 9.82. The smallest absolute Gasteiger partial charge is 0.276 e. The van der Waals surface area contributed by atoms with E-state index in [1.54, 1.807) is 14.0 Å². The zero-order chi connectivity index (χ0) is 14.4. The average Bonchev–Trinajstić information content (AvgIpc) is 2.85. The van der Waals surface area contributed by atoms with Gasteiger partial charge in [-0.05, 0) is 6.92 Å². The molecular formula is C11H18N4O4. The van der Waals surface area contributed by atoms with Gasteiger partial charge in [0, 0.05) is 32.7 Å². The highest BCUT2D eigenvalue weighted by atomic mass is 16.5. The fraction of sp³-hybridized carbons (Fsp3) is 0.545. The number of hydrogen-bond donors (Lipinski definition) is 2. The molecule has 0 fully saturated rings. The predicted octanol–water partition coefficient (Wildman–Crippen LogP) is 0.418. The number of nitrogens with zero attached hydrogens (tertiary/aromatic N) is 3. The Morgan fingerprint density at radius 1 is 1.74 bits per heavy atom. The number of methoxy groups -OCH3 is 1. The normalized spacial score (nSPS) is 13.3. The maximum atomic E-state index is 12.1. The highest BCUT2D eigenvalue weighted by Crippen LogP contribution is 2.10. The average molecular weight is 270 g/mol. The molecule has 3 N–H and O–H groups in total. The molecule has 0 spiro atoms. The zero-order valence-electron chi connectivity index (χ0n) is 11.2. The zero-order valence-corrected chi connectivity index (χ0v) is 11.2. The number of aromatic nitrogens is 1. The monoisotopic (exact) mass is 270 g/mol. The number of nitrogens with two attached hydrogens (primary N) is 1. The van der Waals surface area contributed by atoms with E-state index in [2.05, 4.69) is 10.3 Å². The van der Waals surface area contributed by atoms with Crippen LogP contribution in [0, 0.1) is 0 Å². The first-order valence-corrected chi connectivity index (χ1v) is 5.67. The highest BCUT2D eigenvalue weighted by molar-refractivity contribution is 5.92. The van der Waals surface area contributed by atoms with E-state index < -0.39 is 0 Å². The van der Waals surface area contributed by atoms with Crippen molar-refractivity contribution in [1.29, 1.82) is 0 Å². The molecule has 0 saturated carbocycles. The van der Waals surface area contributed by atoms with Gasteiger partial charge in [-0.1, -0.05) is 10.3 Å². The van der Waals surface area contributed by atoms with Gasteiger partial charge in [0.1, 0.15) is 12.4 Å². The van der Waals surface area contributed by atoms with Crippen molar-refractivity contribution in [3.05, 3.63) is 17.5 Å². The van der Waals surface area contributed by atoms with Crippen LogP contribution in [0.2, 0.25) is 0 Å². The number of hydrogen-bond acceptors (Lipinski definition) is 6. The third-order valence-corrected chi connectivity index (χ3v) is 2.68. The van der Waals surface area contributed by atoms with Gasteiger partial charge in [-0.15, -0.1) is 0 Å². The summed E-state index contributed by atoms with van der Waals surface area (Å²) in [4.78, 5) is 13.5. The summed E-state index contributed by atoms with van der Waals surface area (Å²) in [6.45, 7) is 2.04. The lowest BCUT2D eigenvalue weighted by molar-refractivity contribution is 0.0736. The van der Waals surface area contributed by atoms with Crippen LogP contribution in [0.3, 0.4) is 0 Å². The largest absolute Gasteiger partial charge is 0.409 e. The van der Waals surface area contributed by atoms with Crippen LogP contribution >= 0.6 is 0 Å². The number of carbonyl (C=O) groups excluding carboxylic acids is 1. The van der Waals surface area contributed by atoms with Crippen molar-refractivity contribution < 1.29 is 19.3 Å². The molecule has 0 radical (unpaired) electrons. The molecule has 0 aliphatic heterocycles. The van der Waals surface area contributed by atoms with E-state index in [1.807, 2.05) is 0 Å². The summed E-state index contributed by atoms with van der Waals surface area (Å²) in [7, 11) is 3.14. The minimum atomic E-state index is -0.302. The van der Waals surface area contributed by atoms with Crippen molar-refractivity contribution in [1.82, 2.24) is 10.1 Å². The van der Waals surface area contributed by atoms with E-state index in [1.165, 1.54) is 18.1 Å². The summed E-state index contributed by atoms with van der Waals surface area (Å²) in [5.41, 5.74) is 5.60. The fourth-order valence-corrected chi connectivity index (χ4v) is 1.49. The Kier molecular flexibility index (Phi) is 5.31. The molecule has 1 amide bonds. The van der Waals surface area contributed by atoms with Gasteiger partial charge in [0.15, 0.2) is 11.5 Å². The molecule has 1 heterocycles. The number of amides is 1. The Hall–Kier alpha value is -2.09. The molecule has 8 heteroatoms. The first-order chi connectivity index (χ1) is 8.99. The molecule has 8 nitrogen and oxygen atoms in total. The van der Waals surface area contributed by atoms with Crippen LogP contribution < -0.4 is 5.73 Å². The SMILES string of the molecule is COCc1cc(C(=O)N(C)C(C)CC(N)=NO)no1. The predicted molar refractivity (Wildman–Crippen MR) is 66.8 cm³/mol. The lowest BCUT2D eigenvalue weighted by Crippen LogP contribution is -2.38. The maximum Gasteiger partial charge on any atom is 0.276 e. The third kappa shape index (κ3) is 3.95. The van der Waals surface area contributed by atoms with Crippen molar-refractivity contribution in [2.24, 2.45) is 10.9 Å². The van der Waals surface area contributed by atoms with Gasteiger partial charge in [0.05, 0.1) is 0 Å². The van der Waals surface area contributed by atoms with Gasteiger partial charge in [-0.3, -0.25) is 4.79 Å². The second kappa shape index (κ2) is 6.74. The standard InChI is InChI=1S/C11H18N4O4/c1-7(4-10(12)13-17)15(2)11(16)9-5-8(6-18-3)19-14-9/h5,7,17H,4,6H2,1-3H3,(H2,12,13). The van der Waals surface area contributed by atoms with Gasteiger partial charge in [-0.2, -0.15) is 0 Å². The van der Waals surface area contributed by atoms with E-state index >= 15 is 0 Å². The molecule has 0 aromatic carbocycles. The molecule has 0 aliphatic rings. The van der Waals surface area contributed by atoms with E-state index in [4.69, 9.17) is 20.2 Å². The highest BCUT2D eigenvalue weighted by Gasteiger charge is 2.21. The Labute approximate surface area is 110 Å². The van der Waals surface area contributed by atoms with Gasteiger partial charge in [-0.25, -0.2) is 0 Å². The minimum Gasteiger partial charge on any atom is -0.409 e. The number of carbonyl (C=O) groups is 1. The molecule has 0 saturated heterocycles. The van der Waals surface area contributed by atoms with Gasteiger partial charge >= 0.3 is 0 Å². The van der Waals surface area contributed by atoms with Crippen molar-refractivity contribution in [2.75, 3.05) is 14.2 Å². The lowest BCUT2D eigenvalue weighted by atomic mass is 10.2. The molecule has 0 bridgehead atoms. The molecule has 1 unspecified atom stereocenters. The molecule has 19 heavy (non-hydrogen) atoms. The van der Waals surface area contributed by atoms with Gasteiger partial charge in [0.2, 0.25) is 0 Å². The molecule has 1 aromatic rings. The van der Waals surface area contributed by atoms with E-state index in [0.29, 0.717) is 5.76 Å². The molecule has 106 valence electrons. The third-order valence-electron chi connectivity index (χ3n) is 2.68. The number of oxime groups is 1. The van der Waals surface area contributed by atoms with Crippen molar-refractivity contribution in [3.63, 3.8) is 0 Å². The van der Waals surface area contributed by atoms with Crippen LogP contribution in [0.15, 0.2) is 15.7 Å². The van der Waals surface area contributed by atoms with Crippen LogP contribution in [0.25, 0.3) is 0 Å². The minimum absolute atomic E-state index is 0.0624. The van der Waals surface area contributed by atoms with Crippen molar-refractivity contribution >= 4 is 11.7 Å². The first-order valence-electron chi connectivity index (χ1n) is 5.67. The second-order valence-corrected chi connectivity index (χ2v) is 4.17. The van der Waals surface area contributed by atoms with E-state index in [9.17, 15) is 4.79 Å². The molecular weight excluding hydrogens is 252 g/mol. The van der Waals surface area contributed by atoms with Crippen LogP contribution in [0.4, 0.5) is 0 Å². The van der Waals surface area contributed by atoms with Crippen molar-refractivity contribution in [3.8, 4) is 0 Å². The summed E-state index contributed by atoms with van der Waals surface area (Å²) in [6, 6.07) is 1.30. The Bertz CT molecular complexity index is 457. The summed E-state index contributed by atoms with van der Waals surface area (Å²) >= 11 is 0. The number of ether oxygens (including phenoxy) is 1. The molecule has 1 atom stereocenters. The maximum absolute atomic E-state index is 12.1. The van der Waals surface area contributed by atoms with Gasteiger partial charge in [0.25, 0.3) is 5.91 Å². The second-order valence-electron chi connectivity index (χ2n) is 4.17. The van der Waals surface area contributed by atoms with E-state index in [0.717, 1.165) is 0 Å². The summed E-state index contributed by atoms with van der Waals surface area (Å²) in [6.07, 6.45) is 0.265. The van der Waals surface area contributed by atoms with E-state index in [-0.39, 0.29) is 36.5 Å². The summed E-state index contributed by atoms with van der Waals surface area (Å²) in [5, 5.41) is 15.1. The molecule has 1 rings (SSSR count). The first kappa shape index (κ1) is 15.0. The van der Waals surface area contributed by atoms with Crippen LogP contribution in [-0.2, 0) is 11.3 Å². The van der Waals surface area contributed by atoms with Gasteiger partial charge < -0.3 is 25.1 Å².